The highest BCUT2D eigenvalue weighted by Gasteiger charge is 2.18. The van der Waals surface area contributed by atoms with Gasteiger partial charge in [0.15, 0.2) is 0 Å². The maximum Gasteiger partial charge on any atom is 0.143 e. The molecule has 2 heteroatoms. The summed E-state index contributed by atoms with van der Waals surface area (Å²) >= 11 is 0. The van der Waals surface area contributed by atoms with Crippen LogP contribution in [0.2, 0.25) is 0 Å². The Morgan fingerprint density at radius 2 is 0.776 bits per heavy atom. The molecule has 58 heavy (non-hydrogen) atoms. The molecule has 0 N–H and O–H groups in total. The van der Waals surface area contributed by atoms with Crippen molar-refractivity contribution in [2.75, 3.05) is 0 Å². The number of furan rings is 1. The van der Waals surface area contributed by atoms with Crippen LogP contribution in [0.5, 0.6) is 0 Å². The Morgan fingerprint density at radius 1 is 0.293 bits per heavy atom. The third kappa shape index (κ3) is 4.37. The van der Waals surface area contributed by atoms with Crippen LogP contribution in [-0.4, -0.2) is 4.57 Å². The summed E-state index contributed by atoms with van der Waals surface area (Å²) < 4.78 is 8.80. The Hall–Kier alpha value is -7.68. The van der Waals surface area contributed by atoms with Crippen molar-refractivity contribution in [3.05, 3.63) is 200 Å². The third-order valence-electron chi connectivity index (χ3n) is 12.6. The zero-order valence-corrected chi connectivity index (χ0v) is 31.4. The fourth-order valence-corrected chi connectivity index (χ4v) is 10.00. The normalized spacial score (nSPS) is 12.1. The fraction of sp³-hybridized carbons (Fsp3) is 0. The van der Waals surface area contributed by atoms with Gasteiger partial charge in [-0.3, -0.25) is 0 Å². The van der Waals surface area contributed by atoms with Gasteiger partial charge in [-0.05, 0) is 113 Å². The number of aromatic nitrogens is 1. The minimum absolute atomic E-state index is 0.916. The first-order valence-electron chi connectivity index (χ1n) is 20.0. The SMILES string of the molecule is c1ccc2c(c1)oc1c(-c3ccc(-n4c5ccccc5c5cc(-c6ccc7c8ccccc8c8c9ccccc9c9ccccc9c8c7c6)ccc54)cc3)cccc12. The van der Waals surface area contributed by atoms with Crippen LogP contribution in [0.15, 0.2) is 205 Å². The van der Waals surface area contributed by atoms with Crippen LogP contribution in [0.25, 0.3) is 126 Å². The van der Waals surface area contributed by atoms with Gasteiger partial charge in [-0.1, -0.05) is 158 Å². The lowest BCUT2D eigenvalue weighted by Gasteiger charge is -2.17. The van der Waals surface area contributed by atoms with Crippen LogP contribution >= 0.6 is 0 Å². The molecule has 2 heterocycles. The van der Waals surface area contributed by atoms with Crippen molar-refractivity contribution >= 4 is 97.6 Å². The van der Waals surface area contributed by atoms with E-state index in [1.54, 1.807) is 0 Å². The van der Waals surface area contributed by atoms with Gasteiger partial charge in [0, 0.05) is 32.8 Å². The average Bonchev–Trinajstić information content (AvgIpc) is 3.84. The topological polar surface area (TPSA) is 18.1 Å². The van der Waals surface area contributed by atoms with Crippen molar-refractivity contribution in [2.24, 2.45) is 0 Å². The van der Waals surface area contributed by atoms with Gasteiger partial charge in [0.1, 0.15) is 11.2 Å². The molecule has 0 aliphatic carbocycles. The monoisotopic (exact) mass is 735 g/mol. The van der Waals surface area contributed by atoms with Crippen LogP contribution < -0.4 is 0 Å². The Bertz CT molecular complexity index is 3830. The number of para-hydroxylation sites is 3. The summed E-state index contributed by atoms with van der Waals surface area (Å²) in [5.74, 6) is 0. The molecule has 13 aromatic rings. The molecule has 0 saturated heterocycles. The first-order valence-corrected chi connectivity index (χ1v) is 20.0. The molecule has 2 aromatic heterocycles. The zero-order chi connectivity index (χ0) is 37.9. The maximum absolute atomic E-state index is 6.40. The van der Waals surface area contributed by atoms with Crippen molar-refractivity contribution in [3.63, 3.8) is 0 Å². The van der Waals surface area contributed by atoms with E-state index in [4.69, 9.17) is 4.42 Å². The van der Waals surface area contributed by atoms with E-state index < -0.39 is 0 Å². The second-order valence-electron chi connectivity index (χ2n) is 15.6. The lowest BCUT2D eigenvalue weighted by molar-refractivity contribution is 0.670. The molecule has 0 spiro atoms. The van der Waals surface area contributed by atoms with Crippen LogP contribution in [0, 0.1) is 0 Å². The molecular formula is C56H33NO. The van der Waals surface area contributed by atoms with E-state index in [0.717, 1.165) is 38.8 Å². The minimum Gasteiger partial charge on any atom is -0.455 e. The molecule has 268 valence electrons. The number of hydrogen-bond donors (Lipinski definition) is 0. The molecule has 0 aliphatic heterocycles. The largest absolute Gasteiger partial charge is 0.455 e. The molecule has 0 aliphatic rings. The van der Waals surface area contributed by atoms with E-state index in [9.17, 15) is 0 Å². The number of hydrogen-bond acceptors (Lipinski definition) is 1. The second kappa shape index (κ2) is 11.9. The van der Waals surface area contributed by atoms with Gasteiger partial charge in [0.2, 0.25) is 0 Å². The van der Waals surface area contributed by atoms with Gasteiger partial charge >= 0.3 is 0 Å². The van der Waals surface area contributed by atoms with E-state index in [-0.39, 0.29) is 0 Å². The first kappa shape index (κ1) is 31.5. The summed E-state index contributed by atoms with van der Waals surface area (Å²) in [6.45, 7) is 0. The Morgan fingerprint density at radius 3 is 1.47 bits per heavy atom. The summed E-state index contributed by atoms with van der Waals surface area (Å²) in [6.07, 6.45) is 0. The van der Waals surface area contributed by atoms with Crippen molar-refractivity contribution in [2.45, 2.75) is 0 Å². The summed E-state index contributed by atoms with van der Waals surface area (Å²) in [6, 6.07) is 73.3. The first-order chi connectivity index (χ1) is 28.8. The minimum atomic E-state index is 0.916. The lowest BCUT2D eigenvalue weighted by Crippen LogP contribution is -1.94. The Balaban J connectivity index is 0.995. The van der Waals surface area contributed by atoms with Crippen molar-refractivity contribution in [3.8, 4) is 27.9 Å². The van der Waals surface area contributed by atoms with Crippen LogP contribution in [0.3, 0.4) is 0 Å². The molecule has 13 rings (SSSR count). The summed E-state index contributed by atoms with van der Waals surface area (Å²) in [5, 5.41) is 17.8. The van der Waals surface area contributed by atoms with Gasteiger partial charge in [-0.15, -0.1) is 0 Å². The fourth-order valence-electron chi connectivity index (χ4n) is 10.00. The van der Waals surface area contributed by atoms with Crippen molar-refractivity contribution < 1.29 is 4.42 Å². The number of rotatable bonds is 3. The maximum atomic E-state index is 6.40. The predicted molar refractivity (Wildman–Crippen MR) is 246 cm³/mol. The molecule has 0 unspecified atom stereocenters. The van der Waals surface area contributed by atoms with E-state index in [2.05, 4.69) is 193 Å². The Labute approximate surface area is 333 Å². The zero-order valence-electron chi connectivity index (χ0n) is 31.4. The quantitative estimate of drug-likeness (QED) is 0.165. The molecule has 11 aromatic carbocycles. The van der Waals surface area contributed by atoms with E-state index in [1.807, 2.05) is 12.1 Å². The molecule has 0 saturated carbocycles. The predicted octanol–water partition coefficient (Wildman–Crippen LogP) is 15.8. The third-order valence-corrected chi connectivity index (χ3v) is 12.6. The number of nitrogens with zero attached hydrogens (tertiary/aromatic N) is 1. The summed E-state index contributed by atoms with van der Waals surface area (Å²) in [5.41, 5.74) is 10.0. The second-order valence-corrected chi connectivity index (χ2v) is 15.6. The molecule has 0 fully saturated rings. The number of benzene rings is 11. The van der Waals surface area contributed by atoms with Crippen LogP contribution in [0.1, 0.15) is 0 Å². The highest BCUT2D eigenvalue weighted by molar-refractivity contribution is 6.39. The van der Waals surface area contributed by atoms with Gasteiger partial charge < -0.3 is 8.98 Å². The van der Waals surface area contributed by atoms with Crippen LogP contribution in [-0.2, 0) is 0 Å². The van der Waals surface area contributed by atoms with E-state index in [1.165, 1.54) is 86.8 Å². The molecular weight excluding hydrogens is 703 g/mol. The molecule has 0 bridgehead atoms. The summed E-state index contributed by atoms with van der Waals surface area (Å²) in [7, 11) is 0. The highest BCUT2D eigenvalue weighted by Crippen LogP contribution is 2.45. The van der Waals surface area contributed by atoms with Crippen molar-refractivity contribution in [1.82, 2.24) is 4.57 Å². The standard InChI is InChI=1S/C56H33NO/c1-4-17-45-39(12-1)40-13-2-6-19-47(40)55-50-33-35(26-30-42(50)41-14-3-5-18-46(41)54(45)55)36-27-31-52-49(32-36)43-15-7-9-22-51(43)57(52)37-28-24-34(25-29-37)38-20-11-21-48-44-16-8-10-23-53(44)58-56(38)48/h1-33H. The van der Waals surface area contributed by atoms with Crippen LogP contribution in [0.4, 0.5) is 0 Å². The number of fused-ring (bicyclic) bond motifs is 17. The Kier molecular flexibility index (Phi) is 6.47. The highest BCUT2D eigenvalue weighted by atomic mass is 16.3. The van der Waals surface area contributed by atoms with Crippen molar-refractivity contribution in [1.29, 1.82) is 0 Å². The summed E-state index contributed by atoms with van der Waals surface area (Å²) in [4.78, 5) is 0. The molecule has 0 atom stereocenters. The van der Waals surface area contributed by atoms with Gasteiger partial charge in [0.05, 0.1) is 11.0 Å². The van der Waals surface area contributed by atoms with Gasteiger partial charge in [-0.2, -0.15) is 0 Å². The average molecular weight is 736 g/mol. The lowest BCUT2D eigenvalue weighted by atomic mass is 9.86. The molecule has 0 radical (unpaired) electrons. The molecule has 0 amide bonds. The van der Waals surface area contributed by atoms with Gasteiger partial charge in [0.25, 0.3) is 0 Å². The molecule has 2 nitrogen and oxygen atoms in total. The van der Waals surface area contributed by atoms with E-state index in [0.29, 0.717) is 0 Å². The van der Waals surface area contributed by atoms with E-state index >= 15 is 0 Å². The smallest absolute Gasteiger partial charge is 0.143 e. The van der Waals surface area contributed by atoms with Gasteiger partial charge in [-0.25, -0.2) is 0 Å².